The molecule has 5 nitrogen and oxygen atoms in total. The molecular formula is C24H26N2O3S. The van der Waals surface area contributed by atoms with Crippen LogP contribution in [0.3, 0.4) is 0 Å². The maximum atomic E-state index is 12.7. The summed E-state index contributed by atoms with van der Waals surface area (Å²) in [5.74, 6) is 0.996. The van der Waals surface area contributed by atoms with E-state index in [4.69, 9.17) is 4.74 Å². The van der Waals surface area contributed by atoms with Gasteiger partial charge in [0.25, 0.3) is 11.8 Å². The molecule has 0 saturated heterocycles. The van der Waals surface area contributed by atoms with Gasteiger partial charge in [0.2, 0.25) is 0 Å². The number of thioether (sulfide) groups is 1. The van der Waals surface area contributed by atoms with E-state index in [0.717, 1.165) is 35.5 Å². The second-order valence-corrected chi connectivity index (χ2v) is 8.98. The molecule has 30 heavy (non-hydrogen) atoms. The summed E-state index contributed by atoms with van der Waals surface area (Å²) in [6.07, 6.45) is 6.43. The highest BCUT2D eigenvalue weighted by Crippen LogP contribution is 2.39. The fourth-order valence-electron chi connectivity index (χ4n) is 3.97. The minimum atomic E-state index is -0.172. The number of nitrogens with one attached hydrogen (secondary N) is 2. The van der Waals surface area contributed by atoms with Gasteiger partial charge >= 0.3 is 0 Å². The van der Waals surface area contributed by atoms with Crippen molar-refractivity contribution in [3.05, 3.63) is 58.5 Å². The second kappa shape index (κ2) is 8.96. The lowest BCUT2D eigenvalue weighted by Crippen LogP contribution is -2.41. The summed E-state index contributed by atoms with van der Waals surface area (Å²) in [7, 11) is 1.62. The van der Waals surface area contributed by atoms with Crippen LogP contribution in [0.4, 0.5) is 5.69 Å². The van der Waals surface area contributed by atoms with E-state index < -0.39 is 0 Å². The van der Waals surface area contributed by atoms with Crippen LogP contribution in [0.25, 0.3) is 6.08 Å². The number of rotatable bonds is 4. The third kappa shape index (κ3) is 4.54. The van der Waals surface area contributed by atoms with Crippen molar-refractivity contribution in [1.82, 2.24) is 5.32 Å². The Bertz CT molecular complexity index is 1000. The van der Waals surface area contributed by atoms with Crippen LogP contribution < -0.4 is 15.4 Å². The largest absolute Gasteiger partial charge is 0.497 e. The van der Waals surface area contributed by atoms with Crippen molar-refractivity contribution in [3.63, 3.8) is 0 Å². The molecule has 2 aliphatic rings. The van der Waals surface area contributed by atoms with Crippen LogP contribution in [0.15, 0.2) is 52.3 Å². The summed E-state index contributed by atoms with van der Waals surface area (Å²) < 4.78 is 5.25. The van der Waals surface area contributed by atoms with Crippen LogP contribution >= 0.6 is 11.8 Å². The maximum Gasteiger partial charge on any atom is 0.262 e. The number of amides is 2. The van der Waals surface area contributed by atoms with E-state index in [2.05, 4.69) is 17.6 Å². The highest BCUT2D eigenvalue weighted by Gasteiger charge is 2.25. The number of hydrogen-bond donors (Lipinski definition) is 2. The van der Waals surface area contributed by atoms with Crippen molar-refractivity contribution < 1.29 is 14.3 Å². The Morgan fingerprint density at radius 1 is 1.20 bits per heavy atom. The van der Waals surface area contributed by atoms with E-state index in [1.165, 1.54) is 18.2 Å². The van der Waals surface area contributed by atoms with Crippen LogP contribution in [0.5, 0.6) is 5.75 Å². The van der Waals surface area contributed by atoms with E-state index in [0.29, 0.717) is 22.1 Å². The van der Waals surface area contributed by atoms with Gasteiger partial charge in [-0.05, 0) is 60.7 Å². The molecule has 1 aliphatic heterocycles. The predicted octanol–water partition coefficient (Wildman–Crippen LogP) is 5.09. The molecule has 1 aliphatic carbocycles. The quantitative estimate of drug-likeness (QED) is 0.674. The van der Waals surface area contributed by atoms with E-state index in [1.54, 1.807) is 13.2 Å². The highest BCUT2D eigenvalue weighted by atomic mass is 32.2. The molecule has 1 saturated carbocycles. The zero-order valence-corrected chi connectivity index (χ0v) is 18.1. The number of hydrogen-bond acceptors (Lipinski definition) is 4. The van der Waals surface area contributed by atoms with E-state index >= 15 is 0 Å². The summed E-state index contributed by atoms with van der Waals surface area (Å²) in [6, 6.07) is 13.3. The lowest BCUT2D eigenvalue weighted by atomic mass is 9.86. The monoisotopic (exact) mass is 422 g/mol. The van der Waals surface area contributed by atoms with E-state index in [1.807, 2.05) is 42.5 Å². The number of carbonyl (C=O) groups is 2. The number of anilines is 1. The Kier molecular flexibility index (Phi) is 6.13. The van der Waals surface area contributed by atoms with Gasteiger partial charge in [-0.15, -0.1) is 0 Å². The first-order valence-electron chi connectivity index (χ1n) is 10.3. The summed E-state index contributed by atoms with van der Waals surface area (Å²) in [4.78, 5) is 26.9. The van der Waals surface area contributed by atoms with Gasteiger partial charge in [0.05, 0.1) is 17.7 Å². The molecule has 2 aromatic carbocycles. The van der Waals surface area contributed by atoms with Crippen LogP contribution in [0.2, 0.25) is 0 Å². The highest BCUT2D eigenvalue weighted by molar-refractivity contribution is 8.04. The number of carbonyl (C=O) groups excluding carboxylic acids is 2. The minimum absolute atomic E-state index is 0.0754. The average molecular weight is 423 g/mol. The predicted molar refractivity (Wildman–Crippen MR) is 121 cm³/mol. The SMILES string of the molecule is COc1cccc(C=C2Sc3ccc(C(=O)NC4CCCCC4C)cc3NC2=O)c1. The third-order valence-electron chi connectivity index (χ3n) is 5.75. The van der Waals surface area contributed by atoms with Crippen molar-refractivity contribution in [2.24, 2.45) is 5.92 Å². The van der Waals surface area contributed by atoms with Crippen LogP contribution in [-0.4, -0.2) is 25.0 Å². The summed E-state index contributed by atoms with van der Waals surface area (Å²) in [5, 5.41) is 6.10. The fourth-order valence-corrected chi connectivity index (χ4v) is 4.90. The lowest BCUT2D eigenvalue weighted by molar-refractivity contribution is -0.112. The Hall–Kier alpha value is -2.73. The molecule has 0 radical (unpaired) electrons. The van der Waals surface area contributed by atoms with Crippen LogP contribution in [0.1, 0.15) is 48.5 Å². The second-order valence-electron chi connectivity index (χ2n) is 7.89. The normalized spacial score (nSPS) is 22.2. The van der Waals surface area contributed by atoms with Gasteiger partial charge in [-0.2, -0.15) is 0 Å². The summed E-state index contributed by atoms with van der Waals surface area (Å²) >= 11 is 1.41. The standard InChI is InChI=1S/C24H26N2O3S/c1-15-6-3-4-9-19(15)25-23(27)17-10-11-21-20(14-17)26-24(28)22(30-21)13-16-7-5-8-18(12-16)29-2/h5,7-8,10-15,19H,3-4,6,9H2,1-2H3,(H,25,27)(H,26,28). The first-order valence-corrected chi connectivity index (χ1v) is 11.1. The zero-order chi connectivity index (χ0) is 21.1. The van der Waals surface area contributed by atoms with Crippen molar-refractivity contribution in [2.45, 2.75) is 43.5 Å². The Balaban J connectivity index is 1.50. The molecule has 0 aromatic heterocycles. The van der Waals surface area contributed by atoms with Crippen molar-refractivity contribution in [3.8, 4) is 5.75 Å². The van der Waals surface area contributed by atoms with Crippen molar-refractivity contribution in [2.75, 3.05) is 12.4 Å². The molecule has 0 spiro atoms. The van der Waals surface area contributed by atoms with Gasteiger partial charge in [-0.25, -0.2) is 0 Å². The molecule has 4 rings (SSSR count). The van der Waals surface area contributed by atoms with Gasteiger partial charge in [0.1, 0.15) is 5.75 Å². The summed E-state index contributed by atoms with van der Waals surface area (Å²) in [5.41, 5.74) is 2.15. The Morgan fingerprint density at radius 3 is 2.83 bits per heavy atom. The molecular weight excluding hydrogens is 396 g/mol. The van der Waals surface area contributed by atoms with Gasteiger partial charge in [-0.1, -0.05) is 43.7 Å². The molecule has 2 aromatic rings. The molecule has 2 amide bonds. The summed E-state index contributed by atoms with van der Waals surface area (Å²) in [6.45, 7) is 2.20. The topological polar surface area (TPSA) is 67.4 Å². The smallest absolute Gasteiger partial charge is 0.262 e. The number of benzene rings is 2. The molecule has 1 heterocycles. The van der Waals surface area contributed by atoms with Gasteiger partial charge in [-0.3, -0.25) is 9.59 Å². The molecule has 156 valence electrons. The molecule has 2 N–H and O–H groups in total. The molecule has 6 heteroatoms. The average Bonchev–Trinajstić information content (AvgIpc) is 2.75. The van der Waals surface area contributed by atoms with E-state index in [-0.39, 0.29) is 17.9 Å². The Labute approximate surface area is 181 Å². The first-order chi connectivity index (χ1) is 14.5. The maximum absolute atomic E-state index is 12.7. The number of fused-ring (bicyclic) bond motifs is 1. The fraction of sp³-hybridized carbons (Fsp3) is 0.333. The molecule has 2 atom stereocenters. The third-order valence-corrected chi connectivity index (χ3v) is 6.85. The molecule has 0 bridgehead atoms. The van der Waals surface area contributed by atoms with Crippen molar-refractivity contribution in [1.29, 1.82) is 0 Å². The van der Waals surface area contributed by atoms with Gasteiger partial charge in [0.15, 0.2) is 0 Å². The van der Waals surface area contributed by atoms with Crippen LogP contribution in [0, 0.1) is 5.92 Å². The number of methoxy groups -OCH3 is 1. The van der Waals surface area contributed by atoms with E-state index in [9.17, 15) is 9.59 Å². The van der Waals surface area contributed by atoms with Gasteiger partial charge < -0.3 is 15.4 Å². The molecule has 1 fully saturated rings. The van der Waals surface area contributed by atoms with Crippen molar-refractivity contribution >= 4 is 35.3 Å². The minimum Gasteiger partial charge on any atom is -0.497 e. The number of ether oxygens (including phenoxy) is 1. The Morgan fingerprint density at radius 2 is 2.03 bits per heavy atom. The van der Waals surface area contributed by atoms with Crippen LogP contribution in [-0.2, 0) is 4.79 Å². The molecule has 2 unspecified atom stereocenters. The first kappa shape index (κ1) is 20.5. The lowest BCUT2D eigenvalue weighted by Gasteiger charge is -2.29. The van der Waals surface area contributed by atoms with Gasteiger partial charge in [0, 0.05) is 16.5 Å². The zero-order valence-electron chi connectivity index (χ0n) is 17.2.